The molecule has 2 aliphatic rings. The quantitative estimate of drug-likeness (QED) is 0.443. The number of anilines is 1. The molecule has 0 N–H and O–H groups in total. The van der Waals surface area contributed by atoms with E-state index in [1.54, 1.807) is 0 Å². The minimum atomic E-state index is 0.198. The van der Waals surface area contributed by atoms with Crippen LogP contribution in [0.5, 0.6) is 0 Å². The number of nitrogens with zero attached hydrogens (tertiary/aromatic N) is 6. The highest BCUT2D eigenvalue weighted by molar-refractivity contribution is 5.80. The molecule has 2 aromatic carbocycles. The van der Waals surface area contributed by atoms with Gasteiger partial charge < -0.3 is 9.80 Å². The zero-order valence-electron chi connectivity index (χ0n) is 20.9. The van der Waals surface area contributed by atoms with Gasteiger partial charge in [-0.1, -0.05) is 36.4 Å². The largest absolute Gasteiger partial charge is 0.353 e. The van der Waals surface area contributed by atoms with E-state index in [9.17, 15) is 4.79 Å². The van der Waals surface area contributed by atoms with Crippen LogP contribution >= 0.6 is 0 Å². The van der Waals surface area contributed by atoms with Gasteiger partial charge in [0.05, 0.1) is 23.4 Å². The van der Waals surface area contributed by atoms with E-state index in [2.05, 4.69) is 66.2 Å². The molecule has 2 aliphatic heterocycles. The highest BCUT2D eigenvalue weighted by Gasteiger charge is 2.33. The van der Waals surface area contributed by atoms with Gasteiger partial charge in [0.2, 0.25) is 5.91 Å². The highest BCUT2D eigenvalue weighted by Crippen LogP contribution is 2.25. The minimum absolute atomic E-state index is 0.198. The van der Waals surface area contributed by atoms with Crippen LogP contribution in [0.3, 0.4) is 0 Å². The fourth-order valence-electron chi connectivity index (χ4n) is 5.58. The molecule has 0 radical (unpaired) electrons. The van der Waals surface area contributed by atoms with Crippen LogP contribution in [0.2, 0.25) is 0 Å². The van der Waals surface area contributed by atoms with Gasteiger partial charge in [0, 0.05) is 61.8 Å². The second-order valence-corrected chi connectivity index (χ2v) is 10.1. The molecule has 2 unspecified atom stereocenters. The van der Waals surface area contributed by atoms with Crippen molar-refractivity contribution in [3.63, 3.8) is 0 Å². The maximum absolute atomic E-state index is 13.4. The zero-order chi connectivity index (χ0) is 24.6. The molecule has 0 bridgehead atoms. The second kappa shape index (κ2) is 9.39. The molecular formula is C29H32N6O. The molecule has 1 fully saturated rings. The molecule has 0 spiro atoms. The van der Waals surface area contributed by atoms with E-state index in [0.717, 1.165) is 59.7 Å². The number of rotatable bonds is 4. The molecule has 184 valence electrons. The van der Waals surface area contributed by atoms with Crippen molar-refractivity contribution >= 4 is 22.6 Å². The van der Waals surface area contributed by atoms with E-state index < -0.39 is 0 Å². The molecule has 0 aliphatic carbocycles. The summed E-state index contributed by atoms with van der Waals surface area (Å²) in [6.45, 7) is 7.95. The van der Waals surface area contributed by atoms with Gasteiger partial charge in [0.15, 0.2) is 0 Å². The number of aromatic nitrogens is 3. The van der Waals surface area contributed by atoms with Gasteiger partial charge in [0.1, 0.15) is 5.82 Å². The maximum Gasteiger partial charge on any atom is 0.237 e. The molecule has 2 atom stereocenters. The van der Waals surface area contributed by atoms with Crippen LogP contribution in [0.1, 0.15) is 25.1 Å². The minimum Gasteiger partial charge on any atom is -0.353 e. The molecule has 4 heterocycles. The fourth-order valence-corrected chi connectivity index (χ4v) is 5.58. The normalized spacial score (nSPS) is 20.5. The number of hydrogen-bond acceptors (Lipinski definition) is 5. The van der Waals surface area contributed by atoms with Crippen LogP contribution in [0, 0.1) is 0 Å². The average Bonchev–Trinajstić information content (AvgIpc) is 3.34. The van der Waals surface area contributed by atoms with Gasteiger partial charge in [-0.15, -0.1) is 0 Å². The van der Waals surface area contributed by atoms with E-state index in [1.807, 2.05) is 39.9 Å². The summed E-state index contributed by atoms with van der Waals surface area (Å²) >= 11 is 0. The SMILES string of the molecule is CC1CN(c2ccc3ccccc3n2)CC(C)N1CC(=O)N1CCc2nn(-c3ccccc3)cc2C1. The second-order valence-electron chi connectivity index (χ2n) is 10.1. The van der Waals surface area contributed by atoms with E-state index in [-0.39, 0.29) is 18.0 Å². The van der Waals surface area contributed by atoms with Crippen molar-refractivity contribution in [2.75, 3.05) is 31.1 Å². The predicted molar refractivity (Wildman–Crippen MR) is 142 cm³/mol. The lowest BCUT2D eigenvalue weighted by molar-refractivity contribution is -0.134. The van der Waals surface area contributed by atoms with Crippen molar-refractivity contribution in [3.8, 4) is 5.69 Å². The van der Waals surface area contributed by atoms with Crippen molar-refractivity contribution < 1.29 is 4.79 Å². The maximum atomic E-state index is 13.4. The molecule has 2 aromatic heterocycles. The third kappa shape index (κ3) is 4.35. The number of amides is 1. The van der Waals surface area contributed by atoms with E-state index >= 15 is 0 Å². The Balaban J connectivity index is 1.11. The average molecular weight is 481 g/mol. The first-order valence-corrected chi connectivity index (χ1v) is 12.8. The molecule has 4 aromatic rings. The number of benzene rings is 2. The first-order valence-electron chi connectivity index (χ1n) is 12.8. The zero-order valence-corrected chi connectivity index (χ0v) is 20.9. The number of carbonyl (C=O) groups is 1. The van der Waals surface area contributed by atoms with Crippen molar-refractivity contribution in [2.24, 2.45) is 0 Å². The lowest BCUT2D eigenvalue weighted by Crippen LogP contribution is -2.59. The molecule has 1 saturated heterocycles. The molecule has 36 heavy (non-hydrogen) atoms. The Morgan fingerprint density at radius 3 is 2.50 bits per heavy atom. The predicted octanol–water partition coefficient (Wildman–Crippen LogP) is 3.90. The van der Waals surface area contributed by atoms with Gasteiger partial charge in [0.25, 0.3) is 0 Å². The monoisotopic (exact) mass is 480 g/mol. The van der Waals surface area contributed by atoms with Crippen molar-refractivity contribution in [2.45, 2.75) is 38.9 Å². The highest BCUT2D eigenvalue weighted by atomic mass is 16.2. The van der Waals surface area contributed by atoms with Crippen molar-refractivity contribution in [3.05, 3.63) is 84.2 Å². The smallest absolute Gasteiger partial charge is 0.237 e. The summed E-state index contributed by atoms with van der Waals surface area (Å²) < 4.78 is 1.93. The lowest BCUT2D eigenvalue weighted by atomic mass is 10.1. The van der Waals surface area contributed by atoms with E-state index in [4.69, 9.17) is 10.1 Å². The Morgan fingerprint density at radius 1 is 0.944 bits per heavy atom. The van der Waals surface area contributed by atoms with Crippen LogP contribution in [0.25, 0.3) is 16.6 Å². The van der Waals surface area contributed by atoms with Crippen molar-refractivity contribution in [1.82, 2.24) is 24.6 Å². The third-order valence-corrected chi connectivity index (χ3v) is 7.56. The van der Waals surface area contributed by atoms with Crippen LogP contribution in [-0.4, -0.2) is 68.7 Å². The Kier molecular flexibility index (Phi) is 5.93. The molecule has 7 nitrogen and oxygen atoms in total. The van der Waals surface area contributed by atoms with Crippen LogP contribution < -0.4 is 4.90 Å². The summed E-state index contributed by atoms with van der Waals surface area (Å²) in [5.41, 5.74) is 4.31. The lowest BCUT2D eigenvalue weighted by Gasteiger charge is -2.45. The Hall–Kier alpha value is -3.71. The summed E-state index contributed by atoms with van der Waals surface area (Å²) in [7, 11) is 0. The summed E-state index contributed by atoms with van der Waals surface area (Å²) in [6.07, 6.45) is 2.87. The topological polar surface area (TPSA) is 57.5 Å². The summed E-state index contributed by atoms with van der Waals surface area (Å²) in [6, 6.07) is 23.2. The number of fused-ring (bicyclic) bond motifs is 2. The summed E-state index contributed by atoms with van der Waals surface area (Å²) in [5.74, 6) is 1.21. The van der Waals surface area contributed by atoms with Gasteiger partial charge >= 0.3 is 0 Å². The van der Waals surface area contributed by atoms with Crippen molar-refractivity contribution in [1.29, 1.82) is 0 Å². The summed E-state index contributed by atoms with van der Waals surface area (Å²) in [5, 5.41) is 5.93. The fraction of sp³-hybridized carbons (Fsp3) is 0.345. The number of hydrogen-bond donors (Lipinski definition) is 0. The number of pyridine rings is 1. The first kappa shape index (κ1) is 22.7. The molecular weight excluding hydrogens is 448 g/mol. The number of para-hydroxylation sites is 2. The standard InChI is InChI=1S/C29H32N6O/c1-21-16-33(28-13-12-23-8-6-7-11-26(23)30-28)17-22(2)34(21)20-29(36)32-15-14-27-24(18-32)19-35(31-27)25-9-4-3-5-10-25/h3-13,19,21-22H,14-18,20H2,1-2H3. The van der Waals surface area contributed by atoms with E-state index in [0.29, 0.717) is 13.1 Å². The summed E-state index contributed by atoms with van der Waals surface area (Å²) in [4.78, 5) is 25.0. The number of carbonyl (C=O) groups excluding carboxylic acids is 1. The Morgan fingerprint density at radius 2 is 1.69 bits per heavy atom. The van der Waals surface area contributed by atoms with Gasteiger partial charge in [-0.2, -0.15) is 5.10 Å². The van der Waals surface area contributed by atoms with Crippen LogP contribution in [0.15, 0.2) is 72.9 Å². The Bertz CT molecular complexity index is 1370. The van der Waals surface area contributed by atoms with Gasteiger partial charge in [-0.3, -0.25) is 9.69 Å². The van der Waals surface area contributed by atoms with Crippen LogP contribution in [-0.2, 0) is 17.8 Å². The van der Waals surface area contributed by atoms with E-state index in [1.165, 1.54) is 0 Å². The Labute approximate surface area is 211 Å². The van der Waals surface area contributed by atoms with Gasteiger partial charge in [-0.25, -0.2) is 9.67 Å². The molecule has 6 rings (SSSR count). The van der Waals surface area contributed by atoms with Gasteiger partial charge in [-0.05, 0) is 44.2 Å². The molecule has 1 amide bonds. The number of piperazine rings is 1. The first-order chi connectivity index (χ1) is 17.5. The molecule has 0 saturated carbocycles. The third-order valence-electron chi connectivity index (χ3n) is 7.56. The molecule has 7 heteroatoms. The van der Waals surface area contributed by atoms with Crippen LogP contribution in [0.4, 0.5) is 5.82 Å².